The number of imidazole rings is 1. The van der Waals surface area contributed by atoms with Crippen molar-refractivity contribution in [1.29, 1.82) is 0 Å². The third kappa shape index (κ3) is 3.81. The van der Waals surface area contributed by atoms with Gasteiger partial charge in [-0.25, -0.2) is 23.5 Å². The van der Waals surface area contributed by atoms with Crippen LogP contribution in [0.15, 0.2) is 58.9 Å². The maximum Gasteiger partial charge on any atom is 0.238 e. The number of halogens is 1. The van der Waals surface area contributed by atoms with E-state index in [2.05, 4.69) is 15.3 Å². The summed E-state index contributed by atoms with van der Waals surface area (Å²) in [5.41, 5.74) is 4.30. The van der Waals surface area contributed by atoms with Gasteiger partial charge < -0.3 is 5.32 Å². The molecule has 0 saturated carbocycles. The number of nitrogens with two attached hydrogens (primary N) is 1. The summed E-state index contributed by atoms with van der Waals surface area (Å²) in [4.78, 5) is 9.26. The number of hydrogen-bond donors (Lipinski definition) is 2. The standard InChI is InChI=1S/C17H15N5O2S2.ClH/c1-11-16(22-9-3-2-4-15(22)19-11)14-10-25-17(21-14)20-12-5-7-13(8-6-12)26(18,23)24;/h2-10H,1H3,(H,20,21)(H2,18,23,24);1H. The molecule has 0 amide bonds. The minimum Gasteiger partial charge on any atom is -0.332 e. The van der Waals surface area contributed by atoms with Crippen LogP contribution in [0.2, 0.25) is 0 Å². The molecule has 140 valence electrons. The van der Waals surface area contributed by atoms with Crippen molar-refractivity contribution in [2.45, 2.75) is 11.8 Å². The third-order valence-corrected chi connectivity index (χ3v) is 5.57. The van der Waals surface area contributed by atoms with Gasteiger partial charge in [0, 0.05) is 17.3 Å². The zero-order valence-electron chi connectivity index (χ0n) is 14.2. The van der Waals surface area contributed by atoms with Crippen molar-refractivity contribution in [1.82, 2.24) is 14.4 Å². The van der Waals surface area contributed by atoms with Crippen LogP contribution in [0.5, 0.6) is 0 Å². The quantitative estimate of drug-likeness (QED) is 0.524. The van der Waals surface area contributed by atoms with Crippen LogP contribution in [0.1, 0.15) is 5.69 Å². The normalized spacial score (nSPS) is 11.3. The molecule has 0 unspecified atom stereocenters. The van der Waals surface area contributed by atoms with Gasteiger partial charge in [0.05, 0.1) is 16.3 Å². The second-order valence-corrected chi connectivity index (χ2v) is 8.13. The molecule has 0 spiro atoms. The third-order valence-electron chi connectivity index (χ3n) is 3.89. The summed E-state index contributed by atoms with van der Waals surface area (Å²) in [6.07, 6.45) is 1.96. The van der Waals surface area contributed by atoms with Gasteiger partial charge in [-0.05, 0) is 43.3 Å². The second-order valence-electron chi connectivity index (χ2n) is 5.71. The van der Waals surface area contributed by atoms with E-state index in [1.165, 1.54) is 23.5 Å². The van der Waals surface area contributed by atoms with Gasteiger partial charge in [-0.3, -0.25) is 4.40 Å². The minimum atomic E-state index is -3.69. The lowest BCUT2D eigenvalue weighted by molar-refractivity contribution is 0.598. The van der Waals surface area contributed by atoms with Crippen LogP contribution in [0.4, 0.5) is 10.8 Å². The van der Waals surface area contributed by atoms with Gasteiger partial charge in [0.25, 0.3) is 0 Å². The summed E-state index contributed by atoms with van der Waals surface area (Å²) in [5.74, 6) is 0. The smallest absolute Gasteiger partial charge is 0.238 e. The van der Waals surface area contributed by atoms with Crippen molar-refractivity contribution in [3.05, 3.63) is 59.7 Å². The highest BCUT2D eigenvalue weighted by Gasteiger charge is 2.14. The Morgan fingerprint density at radius 3 is 2.56 bits per heavy atom. The summed E-state index contributed by atoms with van der Waals surface area (Å²) in [6.45, 7) is 1.96. The predicted molar refractivity (Wildman–Crippen MR) is 109 cm³/mol. The highest BCUT2D eigenvalue weighted by Crippen LogP contribution is 2.30. The number of aryl methyl sites for hydroxylation is 1. The van der Waals surface area contributed by atoms with Gasteiger partial charge in [0.2, 0.25) is 10.0 Å². The first-order chi connectivity index (χ1) is 12.4. The van der Waals surface area contributed by atoms with E-state index >= 15 is 0 Å². The zero-order valence-corrected chi connectivity index (χ0v) is 16.6. The Kier molecular flexibility index (Phi) is 5.20. The molecule has 0 aliphatic rings. The first-order valence-electron chi connectivity index (χ1n) is 7.71. The lowest BCUT2D eigenvalue weighted by Crippen LogP contribution is -2.11. The average molecular weight is 422 g/mol. The fraction of sp³-hybridized carbons (Fsp3) is 0.0588. The van der Waals surface area contributed by atoms with Gasteiger partial charge in [-0.15, -0.1) is 23.7 Å². The molecule has 7 nitrogen and oxygen atoms in total. The number of aromatic nitrogens is 3. The lowest BCUT2D eigenvalue weighted by Gasteiger charge is -2.04. The van der Waals surface area contributed by atoms with E-state index in [-0.39, 0.29) is 17.3 Å². The Hall–Kier alpha value is -2.46. The summed E-state index contributed by atoms with van der Waals surface area (Å²) < 4.78 is 24.6. The molecule has 0 aliphatic heterocycles. The summed E-state index contributed by atoms with van der Waals surface area (Å²) >= 11 is 1.46. The molecular weight excluding hydrogens is 406 g/mol. The maximum absolute atomic E-state index is 11.3. The van der Waals surface area contributed by atoms with Crippen molar-refractivity contribution in [2.75, 3.05) is 5.32 Å². The molecular formula is C17H16ClN5O2S2. The van der Waals surface area contributed by atoms with Gasteiger partial charge in [-0.1, -0.05) is 6.07 Å². The molecule has 27 heavy (non-hydrogen) atoms. The molecule has 3 N–H and O–H groups in total. The topological polar surface area (TPSA) is 102 Å². The molecule has 1 aromatic carbocycles. The second kappa shape index (κ2) is 7.28. The number of fused-ring (bicyclic) bond motifs is 1. The number of pyridine rings is 1. The number of rotatable bonds is 4. The number of thiazole rings is 1. The van der Waals surface area contributed by atoms with E-state index in [0.29, 0.717) is 5.13 Å². The largest absolute Gasteiger partial charge is 0.332 e. The van der Waals surface area contributed by atoms with Gasteiger partial charge >= 0.3 is 0 Å². The molecule has 4 rings (SSSR count). The van der Waals surface area contributed by atoms with E-state index in [1.54, 1.807) is 12.1 Å². The van der Waals surface area contributed by atoms with Crippen LogP contribution in [0, 0.1) is 6.92 Å². The Balaban J connectivity index is 0.00000210. The molecule has 0 aliphatic carbocycles. The first kappa shape index (κ1) is 19.3. The van der Waals surface area contributed by atoms with E-state index < -0.39 is 10.0 Å². The molecule has 0 atom stereocenters. The number of hydrogen-bond acceptors (Lipinski definition) is 6. The number of benzene rings is 1. The molecule has 3 heterocycles. The zero-order chi connectivity index (χ0) is 18.3. The van der Waals surface area contributed by atoms with E-state index in [4.69, 9.17) is 5.14 Å². The van der Waals surface area contributed by atoms with Crippen molar-refractivity contribution in [2.24, 2.45) is 5.14 Å². The highest BCUT2D eigenvalue weighted by atomic mass is 35.5. The lowest BCUT2D eigenvalue weighted by atomic mass is 10.3. The number of sulfonamides is 1. The molecule has 4 aromatic rings. The number of primary sulfonamides is 1. The molecule has 0 fully saturated rings. The summed E-state index contributed by atoms with van der Waals surface area (Å²) in [5, 5.41) is 10.9. The van der Waals surface area contributed by atoms with Crippen LogP contribution >= 0.6 is 23.7 Å². The van der Waals surface area contributed by atoms with E-state index in [9.17, 15) is 8.42 Å². The van der Waals surface area contributed by atoms with Gasteiger partial charge in [0.1, 0.15) is 11.3 Å². The van der Waals surface area contributed by atoms with Crippen molar-refractivity contribution in [3.8, 4) is 11.4 Å². The van der Waals surface area contributed by atoms with Crippen LogP contribution < -0.4 is 10.5 Å². The van der Waals surface area contributed by atoms with Gasteiger partial charge in [-0.2, -0.15) is 0 Å². The maximum atomic E-state index is 11.3. The predicted octanol–water partition coefficient (Wildman–Crippen LogP) is 3.58. The van der Waals surface area contributed by atoms with Crippen molar-refractivity contribution < 1.29 is 8.42 Å². The minimum absolute atomic E-state index is 0. The Labute approximate surface area is 166 Å². The SMILES string of the molecule is Cc1nc2ccccn2c1-c1csc(Nc2ccc(S(N)(=O)=O)cc2)n1.Cl. The fourth-order valence-electron chi connectivity index (χ4n) is 2.71. The van der Waals surface area contributed by atoms with Crippen LogP contribution in [-0.2, 0) is 10.0 Å². The average Bonchev–Trinajstić information content (AvgIpc) is 3.17. The highest BCUT2D eigenvalue weighted by molar-refractivity contribution is 7.89. The van der Waals surface area contributed by atoms with Crippen LogP contribution in [-0.4, -0.2) is 22.8 Å². The van der Waals surface area contributed by atoms with Crippen molar-refractivity contribution >= 4 is 50.2 Å². The van der Waals surface area contributed by atoms with Crippen molar-refractivity contribution in [3.63, 3.8) is 0 Å². The van der Waals surface area contributed by atoms with E-state index in [1.807, 2.05) is 41.1 Å². The fourth-order valence-corrected chi connectivity index (χ4v) is 3.94. The molecule has 3 aromatic heterocycles. The van der Waals surface area contributed by atoms with Gasteiger partial charge in [0.15, 0.2) is 5.13 Å². The number of nitrogens with one attached hydrogen (secondary N) is 1. The molecule has 0 bridgehead atoms. The number of anilines is 2. The molecule has 0 saturated heterocycles. The Bertz CT molecular complexity index is 1200. The number of nitrogens with zero attached hydrogens (tertiary/aromatic N) is 3. The monoisotopic (exact) mass is 421 g/mol. The first-order valence-corrected chi connectivity index (χ1v) is 10.1. The summed E-state index contributed by atoms with van der Waals surface area (Å²) in [6, 6.07) is 12.1. The van der Waals surface area contributed by atoms with E-state index in [0.717, 1.165) is 28.4 Å². The van der Waals surface area contributed by atoms with Crippen LogP contribution in [0.25, 0.3) is 17.0 Å². The Morgan fingerprint density at radius 2 is 1.85 bits per heavy atom. The molecule has 10 heteroatoms. The molecule has 0 radical (unpaired) electrons. The summed E-state index contributed by atoms with van der Waals surface area (Å²) in [7, 11) is -3.69. The van der Waals surface area contributed by atoms with Crippen LogP contribution in [0.3, 0.4) is 0 Å². The Morgan fingerprint density at radius 1 is 1.11 bits per heavy atom.